The Kier molecular flexibility index (Phi) is 5.50. The van der Waals surface area contributed by atoms with Crippen molar-refractivity contribution >= 4 is 5.69 Å². The zero-order chi connectivity index (χ0) is 11.8. The zero-order valence-corrected chi connectivity index (χ0v) is 9.85. The summed E-state index contributed by atoms with van der Waals surface area (Å²) in [6.45, 7) is 4.97. The Morgan fingerprint density at radius 2 is 2.00 bits per heavy atom. The Labute approximate surface area is 96.2 Å². The van der Waals surface area contributed by atoms with Gasteiger partial charge in [-0.1, -0.05) is 31.0 Å². The van der Waals surface area contributed by atoms with Crippen LogP contribution in [0, 0.1) is 11.8 Å². The van der Waals surface area contributed by atoms with Gasteiger partial charge in [0.1, 0.15) is 6.73 Å². The standard InChI is InChI=1S/C12H18N2O2/c1-3-4-9-16-10-14(13-15)12-7-5-11(2)6-8-12/h5-8H,3-4,9-10H2,1-2H3. The van der Waals surface area contributed by atoms with Gasteiger partial charge < -0.3 is 4.74 Å². The Bertz CT molecular complexity index is 311. The molecule has 0 bridgehead atoms. The molecule has 1 rings (SSSR count). The van der Waals surface area contributed by atoms with Crippen LogP contribution in [0.3, 0.4) is 0 Å². The van der Waals surface area contributed by atoms with Gasteiger partial charge in [-0.25, -0.2) is 5.01 Å². The predicted molar refractivity (Wildman–Crippen MR) is 65.2 cm³/mol. The molecule has 0 radical (unpaired) electrons. The van der Waals surface area contributed by atoms with Gasteiger partial charge in [0.2, 0.25) is 0 Å². The summed E-state index contributed by atoms with van der Waals surface area (Å²) in [4.78, 5) is 10.7. The lowest BCUT2D eigenvalue weighted by molar-refractivity contribution is 0.131. The van der Waals surface area contributed by atoms with Gasteiger partial charge in [-0.05, 0) is 25.5 Å². The number of hydrogen-bond acceptors (Lipinski definition) is 3. The molecule has 16 heavy (non-hydrogen) atoms. The lowest BCUT2D eigenvalue weighted by Gasteiger charge is -2.15. The fourth-order valence-corrected chi connectivity index (χ4v) is 1.26. The third kappa shape index (κ3) is 3.98. The molecule has 88 valence electrons. The van der Waals surface area contributed by atoms with Gasteiger partial charge in [-0.15, -0.1) is 4.91 Å². The third-order valence-electron chi connectivity index (χ3n) is 2.29. The molecular formula is C12H18N2O2. The zero-order valence-electron chi connectivity index (χ0n) is 9.85. The second kappa shape index (κ2) is 6.95. The molecule has 0 heterocycles. The van der Waals surface area contributed by atoms with Crippen LogP contribution in [0.4, 0.5) is 5.69 Å². The van der Waals surface area contributed by atoms with Crippen molar-refractivity contribution in [3.8, 4) is 0 Å². The number of hydrogen-bond donors (Lipinski definition) is 0. The first-order valence-corrected chi connectivity index (χ1v) is 5.53. The molecule has 4 heteroatoms. The van der Waals surface area contributed by atoms with E-state index in [-0.39, 0.29) is 6.73 Å². The first kappa shape index (κ1) is 12.6. The summed E-state index contributed by atoms with van der Waals surface area (Å²) in [7, 11) is 0. The van der Waals surface area contributed by atoms with Gasteiger partial charge in [-0.2, -0.15) is 0 Å². The molecule has 0 atom stereocenters. The van der Waals surface area contributed by atoms with E-state index in [1.165, 1.54) is 5.01 Å². The highest BCUT2D eigenvalue weighted by atomic mass is 16.5. The second-order valence-electron chi connectivity index (χ2n) is 3.71. The Hall–Kier alpha value is -1.42. The first-order chi connectivity index (χ1) is 7.77. The van der Waals surface area contributed by atoms with E-state index in [0.29, 0.717) is 6.61 Å². The highest BCUT2D eigenvalue weighted by molar-refractivity contribution is 5.46. The SMILES string of the molecule is CCCCOCN(N=O)c1ccc(C)cc1. The lowest BCUT2D eigenvalue weighted by atomic mass is 10.2. The van der Waals surface area contributed by atoms with E-state index >= 15 is 0 Å². The van der Waals surface area contributed by atoms with Crippen molar-refractivity contribution in [1.82, 2.24) is 0 Å². The molecule has 4 nitrogen and oxygen atoms in total. The molecule has 1 aromatic rings. The van der Waals surface area contributed by atoms with Crippen molar-refractivity contribution in [3.63, 3.8) is 0 Å². The van der Waals surface area contributed by atoms with E-state index < -0.39 is 0 Å². The largest absolute Gasteiger partial charge is 0.359 e. The fourth-order valence-electron chi connectivity index (χ4n) is 1.26. The maximum absolute atomic E-state index is 10.7. The van der Waals surface area contributed by atoms with Gasteiger partial charge in [0, 0.05) is 6.61 Å². The van der Waals surface area contributed by atoms with Gasteiger partial charge in [0.15, 0.2) is 0 Å². The van der Waals surface area contributed by atoms with E-state index in [4.69, 9.17) is 4.74 Å². The van der Waals surface area contributed by atoms with Crippen LogP contribution in [0.15, 0.2) is 29.6 Å². The Morgan fingerprint density at radius 1 is 1.31 bits per heavy atom. The van der Waals surface area contributed by atoms with Crippen molar-refractivity contribution in [2.24, 2.45) is 5.29 Å². The fraction of sp³-hybridized carbons (Fsp3) is 0.500. The molecule has 0 aliphatic carbocycles. The monoisotopic (exact) mass is 222 g/mol. The number of rotatable bonds is 7. The summed E-state index contributed by atoms with van der Waals surface area (Å²) in [5.41, 5.74) is 1.92. The summed E-state index contributed by atoms with van der Waals surface area (Å²) < 4.78 is 5.34. The van der Waals surface area contributed by atoms with E-state index in [1.807, 2.05) is 31.2 Å². The van der Waals surface area contributed by atoms with Gasteiger partial charge >= 0.3 is 0 Å². The number of benzene rings is 1. The van der Waals surface area contributed by atoms with Crippen LogP contribution >= 0.6 is 0 Å². The second-order valence-corrected chi connectivity index (χ2v) is 3.71. The summed E-state index contributed by atoms with van der Waals surface area (Å²) in [5, 5.41) is 4.26. The van der Waals surface area contributed by atoms with E-state index in [2.05, 4.69) is 12.2 Å². The van der Waals surface area contributed by atoms with Gasteiger partial charge in [0.25, 0.3) is 0 Å². The smallest absolute Gasteiger partial charge is 0.143 e. The van der Waals surface area contributed by atoms with Crippen molar-refractivity contribution in [1.29, 1.82) is 0 Å². The quantitative estimate of drug-likeness (QED) is 0.308. The van der Waals surface area contributed by atoms with Crippen LogP contribution in [0.25, 0.3) is 0 Å². The van der Waals surface area contributed by atoms with E-state index in [1.54, 1.807) is 0 Å². The molecule has 0 saturated heterocycles. The van der Waals surface area contributed by atoms with E-state index in [0.717, 1.165) is 24.1 Å². The minimum atomic E-state index is 0.215. The van der Waals surface area contributed by atoms with Crippen LogP contribution in [-0.2, 0) is 4.74 Å². The molecule has 1 aromatic carbocycles. The number of ether oxygens (including phenoxy) is 1. The number of unbranched alkanes of at least 4 members (excludes halogenated alkanes) is 1. The van der Waals surface area contributed by atoms with Crippen molar-refractivity contribution < 1.29 is 4.74 Å². The predicted octanol–water partition coefficient (Wildman–Crippen LogP) is 3.26. The molecular weight excluding hydrogens is 204 g/mol. The number of nitroso groups, excluding NO2 is 1. The normalized spacial score (nSPS) is 10.1. The number of aryl methyl sites for hydroxylation is 1. The molecule has 0 aliphatic heterocycles. The van der Waals surface area contributed by atoms with Crippen molar-refractivity contribution in [2.45, 2.75) is 26.7 Å². The molecule has 0 unspecified atom stereocenters. The molecule has 0 amide bonds. The van der Waals surface area contributed by atoms with Gasteiger partial charge in [-0.3, -0.25) is 0 Å². The maximum atomic E-state index is 10.7. The third-order valence-corrected chi connectivity index (χ3v) is 2.29. The maximum Gasteiger partial charge on any atom is 0.143 e. The molecule has 0 spiro atoms. The van der Waals surface area contributed by atoms with Crippen LogP contribution < -0.4 is 5.01 Å². The topological polar surface area (TPSA) is 41.9 Å². The van der Waals surface area contributed by atoms with Crippen LogP contribution in [-0.4, -0.2) is 13.3 Å². The first-order valence-electron chi connectivity index (χ1n) is 5.53. The van der Waals surface area contributed by atoms with Crippen molar-refractivity contribution in [2.75, 3.05) is 18.3 Å². The highest BCUT2D eigenvalue weighted by Crippen LogP contribution is 2.15. The molecule has 0 aromatic heterocycles. The minimum Gasteiger partial charge on any atom is -0.359 e. The van der Waals surface area contributed by atoms with E-state index in [9.17, 15) is 4.91 Å². The van der Waals surface area contributed by atoms with Gasteiger partial charge in [0.05, 0.1) is 11.0 Å². The summed E-state index contributed by atoms with van der Waals surface area (Å²) in [6, 6.07) is 7.61. The summed E-state index contributed by atoms with van der Waals surface area (Å²) >= 11 is 0. The average molecular weight is 222 g/mol. The highest BCUT2D eigenvalue weighted by Gasteiger charge is 2.05. The molecule has 0 saturated carbocycles. The molecule has 0 fully saturated rings. The van der Waals surface area contributed by atoms with Crippen molar-refractivity contribution in [3.05, 3.63) is 34.7 Å². The number of nitrogens with zero attached hydrogens (tertiary/aromatic N) is 2. The Balaban J connectivity index is 2.47. The van der Waals surface area contributed by atoms with Crippen LogP contribution in [0.2, 0.25) is 0 Å². The minimum absolute atomic E-state index is 0.215. The lowest BCUT2D eigenvalue weighted by Crippen LogP contribution is -2.19. The number of anilines is 1. The van der Waals surface area contributed by atoms with Crippen LogP contribution in [0.5, 0.6) is 0 Å². The van der Waals surface area contributed by atoms with Crippen LogP contribution in [0.1, 0.15) is 25.3 Å². The molecule has 0 aliphatic rings. The molecule has 0 N–H and O–H groups in total. The average Bonchev–Trinajstić information content (AvgIpc) is 2.31. The summed E-state index contributed by atoms with van der Waals surface area (Å²) in [6.07, 6.45) is 2.08. The summed E-state index contributed by atoms with van der Waals surface area (Å²) in [5.74, 6) is 0. The Morgan fingerprint density at radius 3 is 2.56 bits per heavy atom.